The zero-order chi connectivity index (χ0) is 15.6. The molecular formula is C16H18ClFN2O. The molecule has 0 saturated heterocycles. The molecule has 3 nitrogen and oxygen atoms in total. The van der Waals surface area contributed by atoms with Gasteiger partial charge in [-0.1, -0.05) is 25.4 Å². The molecule has 0 unspecified atom stereocenters. The van der Waals surface area contributed by atoms with Crippen LogP contribution in [0.5, 0.6) is 5.75 Å². The minimum atomic E-state index is -0.460. The summed E-state index contributed by atoms with van der Waals surface area (Å²) in [7, 11) is 1.57. The molecule has 0 amide bonds. The maximum atomic E-state index is 13.3. The van der Waals surface area contributed by atoms with Crippen LogP contribution in [0.4, 0.5) is 4.39 Å². The van der Waals surface area contributed by atoms with Gasteiger partial charge in [0.05, 0.1) is 12.1 Å². The molecule has 2 rings (SSSR count). The molecule has 0 atom stereocenters. The van der Waals surface area contributed by atoms with Crippen LogP contribution in [0.25, 0.3) is 11.3 Å². The average Bonchev–Trinajstić information content (AvgIpc) is 2.49. The summed E-state index contributed by atoms with van der Waals surface area (Å²) >= 11 is 5.85. The van der Waals surface area contributed by atoms with E-state index in [0.29, 0.717) is 23.6 Å². The van der Waals surface area contributed by atoms with Gasteiger partial charge in [0.2, 0.25) is 0 Å². The third-order valence-electron chi connectivity index (χ3n) is 3.47. The molecule has 0 aliphatic rings. The summed E-state index contributed by atoms with van der Waals surface area (Å²) in [5, 5.41) is 0.0554. The van der Waals surface area contributed by atoms with Crippen LogP contribution in [0.15, 0.2) is 30.3 Å². The van der Waals surface area contributed by atoms with Gasteiger partial charge in [0.15, 0.2) is 0 Å². The SMILES string of the molecule is COc1ccc(C(C)(C)CN)nc1-c1ccc(F)c(Cl)c1. The summed E-state index contributed by atoms with van der Waals surface area (Å²) < 4.78 is 18.7. The predicted molar refractivity (Wildman–Crippen MR) is 83.3 cm³/mol. The second kappa shape index (κ2) is 6.00. The van der Waals surface area contributed by atoms with Crippen molar-refractivity contribution in [1.82, 2.24) is 4.98 Å². The lowest BCUT2D eigenvalue weighted by atomic mass is 9.88. The van der Waals surface area contributed by atoms with Crippen LogP contribution in [-0.4, -0.2) is 18.6 Å². The molecular weight excluding hydrogens is 291 g/mol. The van der Waals surface area contributed by atoms with Crippen molar-refractivity contribution in [3.8, 4) is 17.0 Å². The number of ether oxygens (including phenoxy) is 1. The summed E-state index contributed by atoms with van der Waals surface area (Å²) in [6.07, 6.45) is 0. The number of nitrogens with two attached hydrogens (primary N) is 1. The largest absolute Gasteiger partial charge is 0.494 e. The normalized spacial score (nSPS) is 11.5. The van der Waals surface area contributed by atoms with Crippen LogP contribution in [0, 0.1) is 5.82 Å². The first-order valence-electron chi connectivity index (χ1n) is 6.60. The molecule has 0 aliphatic heterocycles. The molecule has 2 N–H and O–H groups in total. The van der Waals surface area contributed by atoms with Crippen molar-refractivity contribution in [2.45, 2.75) is 19.3 Å². The summed E-state index contributed by atoms with van der Waals surface area (Å²) in [4.78, 5) is 4.64. The second-order valence-corrected chi connectivity index (χ2v) is 5.87. The standard InChI is InChI=1S/C16H18ClFN2O/c1-16(2,9-19)14-7-6-13(21-3)15(20-14)10-4-5-12(18)11(17)8-10/h4-8H,9,19H2,1-3H3. The Morgan fingerprint density at radius 1 is 1.29 bits per heavy atom. The number of aromatic nitrogens is 1. The maximum absolute atomic E-state index is 13.3. The first kappa shape index (κ1) is 15.7. The molecule has 21 heavy (non-hydrogen) atoms. The van der Waals surface area contributed by atoms with Crippen molar-refractivity contribution in [1.29, 1.82) is 0 Å². The fourth-order valence-corrected chi connectivity index (χ4v) is 2.12. The van der Waals surface area contributed by atoms with E-state index in [4.69, 9.17) is 22.1 Å². The van der Waals surface area contributed by atoms with Crippen molar-refractivity contribution in [3.63, 3.8) is 0 Å². The lowest BCUT2D eigenvalue weighted by Gasteiger charge is -2.23. The highest BCUT2D eigenvalue weighted by molar-refractivity contribution is 6.31. The van der Waals surface area contributed by atoms with Gasteiger partial charge >= 0.3 is 0 Å². The van der Waals surface area contributed by atoms with Crippen LogP contribution in [-0.2, 0) is 5.41 Å². The van der Waals surface area contributed by atoms with Gasteiger partial charge in [-0.2, -0.15) is 0 Å². The number of benzene rings is 1. The number of rotatable bonds is 4. The van der Waals surface area contributed by atoms with E-state index in [1.54, 1.807) is 19.2 Å². The first-order valence-corrected chi connectivity index (χ1v) is 6.98. The van der Waals surface area contributed by atoms with Crippen LogP contribution >= 0.6 is 11.6 Å². The summed E-state index contributed by atoms with van der Waals surface area (Å²) in [6, 6.07) is 8.22. The average molecular weight is 309 g/mol. The number of hydrogen-bond acceptors (Lipinski definition) is 3. The molecule has 2 aromatic rings. The van der Waals surface area contributed by atoms with Crippen LogP contribution in [0.2, 0.25) is 5.02 Å². The zero-order valence-corrected chi connectivity index (χ0v) is 13.0. The Morgan fingerprint density at radius 2 is 2.00 bits per heavy atom. The molecule has 0 saturated carbocycles. The van der Waals surface area contributed by atoms with E-state index in [2.05, 4.69) is 4.98 Å². The third kappa shape index (κ3) is 3.17. The van der Waals surface area contributed by atoms with Crippen LogP contribution < -0.4 is 10.5 Å². The van der Waals surface area contributed by atoms with Crippen molar-refractivity contribution in [2.75, 3.05) is 13.7 Å². The van der Waals surface area contributed by atoms with E-state index in [0.717, 1.165) is 5.69 Å². The minimum Gasteiger partial charge on any atom is -0.494 e. The first-order chi connectivity index (χ1) is 9.89. The van der Waals surface area contributed by atoms with Crippen molar-refractivity contribution in [2.24, 2.45) is 5.73 Å². The Morgan fingerprint density at radius 3 is 2.57 bits per heavy atom. The Hall–Kier alpha value is -1.65. The van der Waals surface area contributed by atoms with Gasteiger partial charge in [-0.05, 0) is 30.3 Å². The lowest BCUT2D eigenvalue weighted by molar-refractivity contribution is 0.413. The Bertz CT molecular complexity index is 659. The Labute approximate surface area is 128 Å². The molecule has 0 fully saturated rings. The molecule has 1 aromatic carbocycles. The fourth-order valence-electron chi connectivity index (χ4n) is 1.94. The molecule has 112 valence electrons. The third-order valence-corrected chi connectivity index (χ3v) is 3.76. The van der Waals surface area contributed by atoms with Crippen LogP contribution in [0.3, 0.4) is 0 Å². The van der Waals surface area contributed by atoms with Crippen molar-refractivity contribution in [3.05, 3.63) is 46.9 Å². The number of methoxy groups -OCH3 is 1. The van der Waals surface area contributed by atoms with E-state index >= 15 is 0 Å². The second-order valence-electron chi connectivity index (χ2n) is 5.46. The number of halogens is 2. The van der Waals surface area contributed by atoms with Crippen molar-refractivity contribution >= 4 is 11.6 Å². The highest BCUT2D eigenvalue weighted by Crippen LogP contribution is 2.33. The van der Waals surface area contributed by atoms with E-state index in [1.807, 2.05) is 26.0 Å². The highest BCUT2D eigenvalue weighted by Gasteiger charge is 2.22. The molecule has 0 aliphatic carbocycles. The molecule has 0 spiro atoms. The van der Waals surface area contributed by atoms with Gasteiger partial charge < -0.3 is 10.5 Å². The van der Waals surface area contributed by atoms with Gasteiger partial charge in [0, 0.05) is 23.2 Å². The Balaban J connectivity index is 2.59. The summed E-state index contributed by atoms with van der Waals surface area (Å²) in [5.41, 5.74) is 7.71. The Kier molecular flexibility index (Phi) is 4.49. The quantitative estimate of drug-likeness (QED) is 0.935. The summed E-state index contributed by atoms with van der Waals surface area (Å²) in [5.74, 6) is 0.145. The van der Waals surface area contributed by atoms with Gasteiger partial charge in [-0.15, -0.1) is 0 Å². The van der Waals surface area contributed by atoms with E-state index in [1.165, 1.54) is 6.07 Å². The zero-order valence-electron chi connectivity index (χ0n) is 12.3. The van der Waals surface area contributed by atoms with Gasteiger partial charge in [0.1, 0.15) is 17.3 Å². The predicted octanol–water partition coefficient (Wildman–Crippen LogP) is 3.79. The van der Waals surface area contributed by atoms with Gasteiger partial charge in [-0.25, -0.2) is 9.37 Å². The van der Waals surface area contributed by atoms with Crippen LogP contribution in [0.1, 0.15) is 19.5 Å². The van der Waals surface area contributed by atoms with E-state index < -0.39 is 5.82 Å². The van der Waals surface area contributed by atoms with E-state index in [-0.39, 0.29) is 10.4 Å². The topological polar surface area (TPSA) is 48.1 Å². The smallest absolute Gasteiger partial charge is 0.145 e. The fraction of sp³-hybridized carbons (Fsp3) is 0.312. The van der Waals surface area contributed by atoms with Gasteiger partial charge in [-0.3, -0.25) is 0 Å². The molecule has 0 radical (unpaired) electrons. The molecule has 5 heteroatoms. The highest BCUT2D eigenvalue weighted by atomic mass is 35.5. The molecule has 1 heterocycles. The maximum Gasteiger partial charge on any atom is 0.145 e. The van der Waals surface area contributed by atoms with E-state index in [9.17, 15) is 4.39 Å². The molecule has 1 aromatic heterocycles. The summed E-state index contributed by atoms with van der Waals surface area (Å²) in [6.45, 7) is 4.50. The number of pyridine rings is 1. The van der Waals surface area contributed by atoms with Gasteiger partial charge in [0.25, 0.3) is 0 Å². The molecule has 0 bridgehead atoms. The lowest BCUT2D eigenvalue weighted by Crippen LogP contribution is -2.29. The van der Waals surface area contributed by atoms with Crippen molar-refractivity contribution < 1.29 is 9.13 Å². The number of hydrogen-bond donors (Lipinski definition) is 1. The number of nitrogens with zero attached hydrogens (tertiary/aromatic N) is 1. The minimum absolute atomic E-state index is 0.0554. The monoisotopic (exact) mass is 308 g/mol.